The number of fused-ring (bicyclic) bond motifs is 1. The van der Waals surface area contributed by atoms with Gasteiger partial charge in [0.15, 0.2) is 0 Å². The van der Waals surface area contributed by atoms with Crippen molar-refractivity contribution in [2.75, 3.05) is 37.3 Å². The maximum atomic E-state index is 13.1. The zero-order chi connectivity index (χ0) is 27.1. The molecule has 0 fully saturated rings. The van der Waals surface area contributed by atoms with Gasteiger partial charge in [0.2, 0.25) is 5.88 Å². The number of nitrogens with one attached hydrogen (secondary N) is 3. The summed E-state index contributed by atoms with van der Waals surface area (Å²) in [6.45, 7) is 1.79. The topological polar surface area (TPSA) is 143 Å². The fraction of sp³-hybridized carbons (Fsp3) is 0.222. The van der Waals surface area contributed by atoms with E-state index in [9.17, 15) is 18.3 Å². The van der Waals surface area contributed by atoms with Crippen molar-refractivity contribution in [2.24, 2.45) is 0 Å². The van der Waals surface area contributed by atoms with Crippen LogP contribution in [0.25, 0.3) is 22.0 Å². The Balaban J connectivity index is 1.65. The summed E-state index contributed by atoms with van der Waals surface area (Å²) in [7, 11) is -0.790. The van der Waals surface area contributed by atoms with Gasteiger partial charge in [0.25, 0.3) is 10.0 Å². The first-order chi connectivity index (χ1) is 18.3. The number of aromatic nitrogens is 2. The average Bonchev–Trinajstić information content (AvgIpc) is 2.92. The van der Waals surface area contributed by atoms with Gasteiger partial charge in [-0.25, -0.2) is 18.2 Å². The Morgan fingerprint density at radius 3 is 2.55 bits per heavy atom. The van der Waals surface area contributed by atoms with Gasteiger partial charge in [0.1, 0.15) is 5.69 Å². The Morgan fingerprint density at radius 1 is 0.974 bits per heavy atom. The second kappa shape index (κ2) is 11.9. The van der Waals surface area contributed by atoms with E-state index in [2.05, 4.69) is 25.3 Å². The summed E-state index contributed by atoms with van der Waals surface area (Å²) < 4.78 is 33.9. The lowest BCUT2D eigenvalue weighted by molar-refractivity contribution is 0.0696. The van der Waals surface area contributed by atoms with E-state index in [1.54, 1.807) is 18.5 Å². The number of hydrogen-bond acceptors (Lipinski definition) is 8. The van der Waals surface area contributed by atoms with Gasteiger partial charge in [-0.2, -0.15) is 0 Å². The van der Waals surface area contributed by atoms with E-state index in [1.807, 2.05) is 31.3 Å². The highest BCUT2D eigenvalue weighted by Gasteiger charge is 2.20. The van der Waals surface area contributed by atoms with Crippen molar-refractivity contribution >= 4 is 38.3 Å². The molecule has 0 unspecified atom stereocenters. The zero-order valence-electron chi connectivity index (χ0n) is 21.1. The van der Waals surface area contributed by atoms with E-state index in [1.165, 1.54) is 25.3 Å². The number of carboxylic acids is 1. The Labute approximate surface area is 221 Å². The Kier molecular flexibility index (Phi) is 8.39. The van der Waals surface area contributed by atoms with Crippen molar-refractivity contribution in [3.63, 3.8) is 0 Å². The number of anilines is 2. The maximum Gasteiger partial charge on any atom is 0.335 e. The Hall–Kier alpha value is -4.22. The average molecular weight is 536 g/mol. The van der Waals surface area contributed by atoms with Crippen molar-refractivity contribution in [1.29, 1.82) is 0 Å². The minimum absolute atomic E-state index is 0.0816. The number of carboxylic acid groups (broad SMARTS) is 1. The van der Waals surface area contributed by atoms with Crippen molar-refractivity contribution in [1.82, 2.24) is 15.3 Å². The van der Waals surface area contributed by atoms with E-state index in [-0.39, 0.29) is 22.0 Å². The largest absolute Gasteiger partial charge is 0.480 e. The van der Waals surface area contributed by atoms with Gasteiger partial charge in [-0.15, -0.1) is 0 Å². The molecule has 11 heteroatoms. The van der Waals surface area contributed by atoms with Crippen molar-refractivity contribution in [3.05, 3.63) is 72.6 Å². The van der Waals surface area contributed by atoms with Crippen LogP contribution < -0.4 is 20.1 Å². The fourth-order valence-corrected chi connectivity index (χ4v) is 5.07. The van der Waals surface area contributed by atoms with Gasteiger partial charge in [0, 0.05) is 35.6 Å². The van der Waals surface area contributed by atoms with Gasteiger partial charge in [-0.05, 0) is 74.5 Å². The van der Waals surface area contributed by atoms with Crippen molar-refractivity contribution in [2.45, 2.75) is 17.7 Å². The standard InChI is InChI=1S/C27H29N5O5S/c1-28-11-3-4-12-29-24-10-13-30-23-9-8-18(15-22(23)24)20-16-25(26(37-2)31-17-20)32-38(35,36)21-7-5-6-19(14-21)27(33)34/h5-10,13-17,28,32H,3-4,11-12H2,1-2H3,(H,29,30)(H,33,34). The van der Waals surface area contributed by atoms with Crippen LogP contribution in [-0.4, -0.2) is 56.7 Å². The number of ether oxygens (including phenoxy) is 1. The molecular formula is C27H29N5O5S. The number of sulfonamides is 1. The molecule has 0 aliphatic carbocycles. The second-order valence-corrected chi connectivity index (χ2v) is 10.2. The number of rotatable bonds is 12. The SMILES string of the molecule is CNCCCCNc1ccnc2ccc(-c3cnc(OC)c(NS(=O)(=O)c4cccc(C(=O)O)c4)c3)cc12. The lowest BCUT2D eigenvalue weighted by atomic mass is 10.0. The van der Waals surface area contributed by atoms with Gasteiger partial charge in [0.05, 0.1) is 23.1 Å². The number of aromatic carboxylic acids is 1. The normalized spacial score (nSPS) is 11.3. The number of benzene rings is 2. The number of hydrogen-bond donors (Lipinski definition) is 4. The third-order valence-electron chi connectivity index (χ3n) is 5.92. The van der Waals surface area contributed by atoms with Crippen molar-refractivity contribution in [3.8, 4) is 17.0 Å². The minimum Gasteiger partial charge on any atom is -0.480 e. The summed E-state index contributed by atoms with van der Waals surface area (Å²) in [5.41, 5.74) is 3.25. The molecule has 198 valence electrons. The van der Waals surface area contributed by atoms with Crippen LogP contribution in [0, 0.1) is 0 Å². The van der Waals surface area contributed by atoms with Crippen LogP contribution in [0.1, 0.15) is 23.2 Å². The predicted molar refractivity (Wildman–Crippen MR) is 147 cm³/mol. The van der Waals surface area contributed by atoms with E-state index in [0.717, 1.165) is 54.2 Å². The lowest BCUT2D eigenvalue weighted by Gasteiger charge is -2.14. The molecule has 2 heterocycles. The van der Waals surface area contributed by atoms with Crippen LogP contribution in [0.3, 0.4) is 0 Å². The number of methoxy groups -OCH3 is 1. The second-order valence-electron chi connectivity index (χ2n) is 8.55. The summed E-state index contributed by atoms with van der Waals surface area (Å²) in [5.74, 6) is -1.14. The molecule has 0 bridgehead atoms. The van der Waals surface area contributed by atoms with Gasteiger partial charge < -0.3 is 20.5 Å². The highest BCUT2D eigenvalue weighted by Crippen LogP contribution is 2.33. The molecule has 0 aliphatic rings. The molecule has 0 radical (unpaired) electrons. The summed E-state index contributed by atoms with van der Waals surface area (Å²) in [4.78, 5) is 19.9. The number of unbranched alkanes of at least 4 members (excludes halogenated alkanes) is 1. The van der Waals surface area contributed by atoms with Crippen LogP contribution >= 0.6 is 0 Å². The van der Waals surface area contributed by atoms with E-state index < -0.39 is 16.0 Å². The molecule has 0 spiro atoms. The third kappa shape index (κ3) is 6.18. The van der Waals surface area contributed by atoms with Crippen LogP contribution in [-0.2, 0) is 10.0 Å². The molecular weight excluding hydrogens is 506 g/mol. The Bertz CT molecular complexity index is 1560. The van der Waals surface area contributed by atoms with Crippen molar-refractivity contribution < 1.29 is 23.1 Å². The summed E-state index contributed by atoms with van der Waals surface area (Å²) >= 11 is 0. The van der Waals surface area contributed by atoms with Gasteiger partial charge >= 0.3 is 5.97 Å². The molecule has 0 saturated heterocycles. The zero-order valence-corrected chi connectivity index (χ0v) is 21.9. The molecule has 0 saturated carbocycles. The number of carbonyl (C=O) groups is 1. The van der Waals surface area contributed by atoms with E-state index in [4.69, 9.17) is 4.74 Å². The maximum absolute atomic E-state index is 13.1. The molecule has 0 atom stereocenters. The molecule has 4 rings (SSSR count). The third-order valence-corrected chi connectivity index (χ3v) is 7.29. The smallest absolute Gasteiger partial charge is 0.335 e. The highest BCUT2D eigenvalue weighted by atomic mass is 32.2. The Morgan fingerprint density at radius 2 is 1.79 bits per heavy atom. The summed E-state index contributed by atoms with van der Waals surface area (Å²) in [6.07, 6.45) is 5.45. The molecule has 2 aromatic heterocycles. The lowest BCUT2D eigenvalue weighted by Crippen LogP contribution is -2.15. The van der Waals surface area contributed by atoms with Gasteiger partial charge in [-0.3, -0.25) is 9.71 Å². The van der Waals surface area contributed by atoms with Crippen LogP contribution in [0.15, 0.2) is 71.9 Å². The quantitative estimate of drug-likeness (QED) is 0.196. The van der Waals surface area contributed by atoms with E-state index >= 15 is 0 Å². The van der Waals surface area contributed by atoms with Crippen LogP contribution in [0.4, 0.5) is 11.4 Å². The molecule has 0 aliphatic heterocycles. The van der Waals surface area contributed by atoms with Crippen LogP contribution in [0.5, 0.6) is 5.88 Å². The number of nitrogens with zero attached hydrogens (tertiary/aromatic N) is 2. The molecule has 10 nitrogen and oxygen atoms in total. The minimum atomic E-state index is -4.12. The first kappa shape index (κ1) is 26.8. The summed E-state index contributed by atoms with van der Waals surface area (Å²) in [5, 5.41) is 16.8. The number of pyridine rings is 2. The molecule has 0 amide bonds. The monoisotopic (exact) mass is 535 g/mol. The molecule has 38 heavy (non-hydrogen) atoms. The predicted octanol–water partition coefficient (Wildman–Crippen LogP) is 4.22. The van der Waals surface area contributed by atoms with Gasteiger partial charge in [-0.1, -0.05) is 12.1 Å². The summed E-state index contributed by atoms with van der Waals surface area (Å²) in [6, 6.07) is 14.5. The molecule has 2 aromatic carbocycles. The van der Waals surface area contributed by atoms with Crippen LogP contribution in [0.2, 0.25) is 0 Å². The molecule has 4 N–H and O–H groups in total. The fourth-order valence-electron chi connectivity index (χ4n) is 3.98. The highest BCUT2D eigenvalue weighted by molar-refractivity contribution is 7.92. The van der Waals surface area contributed by atoms with E-state index in [0.29, 0.717) is 5.56 Å². The first-order valence-electron chi connectivity index (χ1n) is 12.0. The first-order valence-corrected chi connectivity index (χ1v) is 13.5. The molecule has 4 aromatic rings.